The molecule has 1 heterocycles. The van der Waals surface area contributed by atoms with Crippen molar-refractivity contribution in [3.63, 3.8) is 0 Å². The van der Waals surface area contributed by atoms with E-state index in [-0.39, 0.29) is 0 Å². The lowest BCUT2D eigenvalue weighted by Crippen LogP contribution is -2.03. The summed E-state index contributed by atoms with van der Waals surface area (Å²) in [7, 11) is 0. The van der Waals surface area contributed by atoms with E-state index in [4.69, 9.17) is 4.74 Å². The number of H-pyrrole nitrogens is 1. The van der Waals surface area contributed by atoms with Gasteiger partial charge in [-0.05, 0) is 18.3 Å². The molecule has 110 valence electrons. The van der Waals surface area contributed by atoms with E-state index >= 15 is 0 Å². The Morgan fingerprint density at radius 1 is 1.00 bits per heavy atom. The highest BCUT2D eigenvalue weighted by Crippen LogP contribution is 2.22. The van der Waals surface area contributed by atoms with Crippen molar-refractivity contribution in [3.05, 3.63) is 12.4 Å². The predicted octanol–water partition coefficient (Wildman–Crippen LogP) is 4.96. The Morgan fingerprint density at radius 2 is 1.63 bits per heavy atom. The standard InChI is InChI=1S/C16H30N2O/c1-16(2,3)11-9-7-5-4-6-8-10-14-19-15-17-12-13-18-15/h12-13H,4-11,14H2,1-3H3,(H,17,18). The number of imidazole rings is 1. The molecule has 0 radical (unpaired) electrons. The molecule has 0 fully saturated rings. The van der Waals surface area contributed by atoms with Crippen molar-refractivity contribution in [2.45, 2.75) is 72.1 Å². The number of aromatic nitrogens is 2. The monoisotopic (exact) mass is 266 g/mol. The van der Waals surface area contributed by atoms with Crippen LogP contribution in [0.3, 0.4) is 0 Å². The van der Waals surface area contributed by atoms with Crippen LogP contribution in [-0.4, -0.2) is 16.6 Å². The normalized spacial score (nSPS) is 11.7. The Labute approximate surface area is 118 Å². The van der Waals surface area contributed by atoms with Gasteiger partial charge in [0.2, 0.25) is 0 Å². The van der Waals surface area contributed by atoms with Crippen molar-refractivity contribution in [1.29, 1.82) is 0 Å². The van der Waals surface area contributed by atoms with Gasteiger partial charge in [0.05, 0.1) is 6.61 Å². The molecule has 0 aromatic carbocycles. The van der Waals surface area contributed by atoms with Crippen LogP contribution in [0.2, 0.25) is 0 Å². The third-order valence-electron chi connectivity index (χ3n) is 3.28. The predicted molar refractivity (Wildman–Crippen MR) is 80.5 cm³/mol. The lowest BCUT2D eigenvalue weighted by molar-refractivity contribution is 0.283. The van der Waals surface area contributed by atoms with E-state index in [0.717, 1.165) is 13.0 Å². The Kier molecular flexibility index (Phi) is 7.61. The van der Waals surface area contributed by atoms with Crippen molar-refractivity contribution in [1.82, 2.24) is 9.97 Å². The minimum atomic E-state index is 0.503. The molecule has 0 amide bonds. The highest BCUT2D eigenvalue weighted by atomic mass is 16.5. The quantitative estimate of drug-likeness (QED) is 0.608. The molecule has 0 atom stereocenters. The van der Waals surface area contributed by atoms with Crippen LogP contribution in [0.15, 0.2) is 12.4 Å². The first-order valence-corrected chi connectivity index (χ1v) is 7.70. The number of hydrogen-bond donors (Lipinski definition) is 1. The topological polar surface area (TPSA) is 37.9 Å². The van der Waals surface area contributed by atoms with Crippen molar-refractivity contribution < 1.29 is 4.74 Å². The molecule has 1 rings (SSSR count). The first kappa shape index (κ1) is 16.1. The fourth-order valence-electron chi connectivity index (χ4n) is 2.14. The first-order chi connectivity index (χ1) is 9.08. The van der Waals surface area contributed by atoms with E-state index in [2.05, 4.69) is 30.7 Å². The van der Waals surface area contributed by atoms with E-state index in [1.165, 1.54) is 44.9 Å². The fourth-order valence-corrected chi connectivity index (χ4v) is 2.14. The van der Waals surface area contributed by atoms with Gasteiger partial charge in [0, 0.05) is 12.4 Å². The second-order valence-corrected chi connectivity index (χ2v) is 6.53. The van der Waals surface area contributed by atoms with Crippen LogP contribution >= 0.6 is 0 Å². The molecule has 0 aliphatic heterocycles. The number of ether oxygens (including phenoxy) is 1. The molecule has 19 heavy (non-hydrogen) atoms. The Bertz CT molecular complexity index is 301. The average Bonchev–Trinajstić information content (AvgIpc) is 2.83. The zero-order valence-corrected chi connectivity index (χ0v) is 12.9. The minimum absolute atomic E-state index is 0.503. The summed E-state index contributed by atoms with van der Waals surface area (Å²) < 4.78 is 5.46. The lowest BCUT2D eigenvalue weighted by atomic mass is 9.89. The lowest BCUT2D eigenvalue weighted by Gasteiger charge is -2.17. The molecule has 1 N–H and O–H groups in total. The molecule has 3 nitrogen and oxygen atoms in total. The van der Waals surface area contributed by atoms with E-state index in [1.54, 1.807) is 12.4 Å². The highest BCUT2D eigenvalue weighted by Gasteiger charge is 2.08. The maximum Gasteiger partial charge on any atom is 0.293 e. The van der Waals surface area contributed by atoms with E-state index in [0.29, 0.717) is 11.4 Å². The second kappa shape index (κ2) is 9.00. The van der Waals surface area contributed by atoms with Gasteiger partial charge < -0.3 is 9.72 Å². The maximum absolute atomic E-state index is 5.46. The molecule has 0 saturated carbocycles. The Hall–Kier alpha value is -0.990. The summed E-state index contributed by atoms with van der Waals surface area (Å²) in [5, 5.41) is 0. The van der Waals surface area contributed by atoms with Crippen LogP contribution in [-0.2, 0) is 0 Å². The van der Waals surface area contributed by atoms with E-state index in [1.807, 2.05) is 0 Å². The number of unbranched alkanes of at least 4 members (excludes halogenated alkanes) is 6. The third-order valence-corrected chi connectivity index (χ3v) is 3.28. The molecule has 0 unspecified atom stereocenters. The summed E-state index contributed by atoms with van der Waals surface area (Å²) in [5.41, 5.74) is 0.503. The van der Waals surface area contributed by atoms with Gasteiger partial charge in [-0.15, -0.1) is 0 Å². The average molecular weight is 266 g/mol. The summed E-state index contributed by atoms with van der Waals surface area (Å²) in [6, 6.07) is 0.641. The van der Waals surface area contributed by atoms with Crippen LogP contribution in [0.4, 0.5) is 0 Å². The van der Waals surface area contributed by atoms with Gasteiger partial charge in [-0.2, -0.15) is 0 Å². The van der Waals surface area contributed by atoms with Gasteiger partial charge in [-0.25, -0.2) is 4.98 Å². The Balaban J connectivity index is 1.79. The number of hydrogen-bond acceptors (Lipinski definition) is 2. The number of nitrogens with one attached hydrogen (secondary N) is 1. The number of aromatic amines is 1. The molecule has 1 aromatic heterocycles. The first-order valence-electron chi connectivity index (χ1n) is 7.70. The molecule has 0 aliphatic carbocycles. The van der Waals surface area contributed by atoms with Crippen LogP contribution < -0.4 is 4.74 Å². The molecule has 0 bridgehead atoms. The number of rotatable bonds is 10. The highest BCUT2D eigenvalue weighted by molar-refractivity contribution is 4.91. The SMILES string of the molecule is CC(C)(C)CCCCCCCCCOc1ncc[nH]1. The van der Waals surface area contributed by atoms with Gasteiger partial charge in [0.25, 0.3) is 6.01 Å². The number of nitrogens with zero attached hydrogens (tertiary/aromatic N) is 1. The van der Waals surface area contributed by atoms with Crippen LogP contribution in [0, 0.1) is 5.41 Å². The second-order valence-electron chi connectivity index (χ2n) is 6.53. The maximum atomic E-state index is 5.46. The largest absolute Gasteiger partial charge is 0.465 e. The van der Waals surface area contributed by atoms with E-state index < -0.39 is 0 Å². The summed E-state index contributed by atoms with van der Waals surface area (Å²) >= 11 is 0. The van der Waals surface area contributed by atoms with Crippen molar-refractivity contribution in [3.8, 4) is 6.01 Å². The van der Waals surface area contributed by atoms with Gasteiger partial charge in [0.15, 0.2) is 0 Å². The Morgan fingerprint density at radius 3 is 2.21 bits per heavy atom. The summed E-state index contributed by atoms with van der Waals surface area (Å²) in [5.74, 6) is 0. The zero-order chi connectivity index (χ0) is 14.0. The van der Waals surface area contributed by atoms with Crippen LogP contribution in [0.5, 0.6) is 6.01 Å². The van der Waals surface area contributed by atoms with E-state index in [9.17, 15) is 0 Å². The van der Waals surface area contributed by atoms with Crippen LogP contribution in [0.1, 0.15) is 72.1 Å². The molecular weight excluding hydrogens is 236 g/mol. The van der Waals surface area contributed by atoms with Crippen molar-refractivity contribution >= 4 is 0 Å². The van der Waals surface area contributed by atoms with Gasteiger partial charge in [-0.3, -0.25) is 0 Å². The van der Waals surface area contributed by atoms with Gasteiger partial charge in [0.1, 0.15) is 0 Å². The smallest absolute Gasteiger partial charge is 0.293 e. The zero-order valence-electron chi connectivity index (χ0n) is 12.9. The minimum Gasteiger partial charge on any atom is -0.465 e. The van der Waals surface area contributed by atoms with Gasteiger partial charge in [-0.1, -0.05) is 59.3 Å². The van der Waals surface area contributed by atoms with Gasteiger partial charge >= 0.3 is 0 Å². The summed E-state index contributed by atoms with van der Waals surface area (Å²) in [4.78, 5) is 6.97. The summed E-state index contributed by atoms with van der Waals surface area (Å²) in [6.07, 6.45) is 14.1. The van der Waals surface area contributed by atoms with Crippen LogP contribution in [0.25, 0.3) is 0 Å². The molecule has 0 spiro atoms. The molecular formula is C16H30N2O. The third kappa shape index (κ3) is 9.57. The molecule has 0 aliphatic rings. The molecule has 3 heteroatoms. The van der Waals surface area contributed by atoms with Crippen molar-refractivity contribution in [2.24, 2.45) is 5.41 Å². The molecule has 0 saturated heterocycles. The molecule has 1 aromatic rings. The fraction of sp³-hybridized carbons (Fsp3) is 0.812. The summed E-state index contributed by atoms with van der Waals surface area (Å²) in [6.45, 7) is 7.75. The van der Waals surface area contributed by atoms with Crippen molar-refractivity contribution in [2.75, 3.05) is 6.61 Å².